The van der Waals surface area contributed by atoms with E-state index in [-0.39, 0.29) is 22.3 Å². The molecule has 3 aromatic rings. The van der Waals surface area contributed by atoms with Gasteiger partial charge in [-0.3, -0.25) is 4.79 Å². The van der Waals surface area contributed by atoms with Crippen molar-refractivity contribution in [3.63, 3.8) is 0 Å². The molecule has 1 N–H and O–H groups in total. The molecule has 0 saturated heterocycles. The number of oxazole rings is 1. The smallest absolute Gasteiger partial charge is 0.257 e. The van der Waals surface area contributed by atoms with E-state index in [0.29, 0.717) is 22.0 Å². The van der Waals surface area contributed by atoms with Crippen molar-refractivity contribution in [3.05, 3.63) is 44.8 Å². The molecule has 0 saturated carbocycles. The molecule has 0 atom stereocenters. The lowest BCUT2D eigenvalue weighted by Crippen LogP contribution is -2.15. The highest BCUT2D eigenvalue weighted by atomic mass is 79.9. The third kappa shape index (κ3) is 4.79. The number of nitrogens with one attached hydrogen (secondary N) is 1. The van der Waals surface area contributed by atoms with Crippen LogP contribution in [0.5, 0.6) is 0 Å². The molecule has 0 unspecified atom stereocenters. The number of hydrogen-bond donors (Lipinski definition) is 1. The van der Waals surface area contributed by atoms with Crippen LogP contribution in [-0.4, -0.2) is 30.8 Å². The van der Waals surface area contributed by atoms with E-state index < -0.39 is 9.84 Å². The van der Waals surface area contributed by atoms with Gasteiger partial charge in [0.2, 0.25) is 5.91 Å². The van der Waals surface area contributed by atoms with E-state index in [4.69, 9.17) is 4.42 Å². The quantitative estimate of drug-likeness (QED) is 0.427. The highest BCUT2D eigenvalue weighted by molar-refractivity contribution is 9.11. The van der Waals surface area contributed by atoms with Gasteiger partial charge in [0.25, 0.3) is 5.22 Å². The fraction of sp³-hybridized carbons (Fsp3) is 0.222. The highest BCUT2D eigenvalue weighted by Crippen LogP contribution is 2.33. The lowest BCUT2D eigenvalue weighted by Gasteiger charge is -2.10. The third-order valence-electron chi connectivity index (χ3n) is 3.86. The summed E-state index contributed by atoms with van der Waals surface area (Å²) >= 11 is 8.02. The molecule has 28 heavy (non-hydrogen) atoms. The van der Waals surface area contributed by atoms with Gasteiger partial charge in [-0.05, 0) is 74.7 Å². The van der Waals surface area contributed by atoms with Crippen molar-refractivity contribution < 1.29 is 17.6 Å². The molecule has 1 amide bonds. The molecule has 0 aliphatic heterocycles. The summed E-state index contributed by atoms with van der Waals surface area (Å²) in [6.07, 6.45) is 0. The Balaban J connectivity index is 1.71. The number of carbonyl (C=O) groups excluding carboxylic acids is 1. The van der Waals surface area contributed by atoms with Gasteiger partial charge >= 0.3 is 0 Å². The first-order valence-electron chi connectivity index (χ1n) is 8.21. The summed E-state index contributed by atoms with van der Waals surface area (Å²) in [5.74, 6) is -0.103. The number of nitrogens with zero attached hydrogens (tertiary/aromatic N) is 1. The molecular formula is C18H16Br2N2O4S2. The summed E-state index contributed by atoms with van der Waals surface area (Å²) in [5.41, 5.74) is 2.63. The number of carbonyl (C=O) groups is 1. The molecular weight excluding hydrogens is 532 g/mol. The second kappa shape index (κ2) is 8.56. The van der Waals surface area contributed by atoms with Gasteiger partial charge in [0.15, 0.2) is 15.4 Å². The second-order valence-electron chi connectivity index (χ2n) is 5.95. The fourth-order valence-electron chi connectivity index (χ4n) is 2.43. The molecule has 0 aliphatic carbocycles. The molecule has 3 rings (SSSR count). The van der Waals surface area contributed by atoms with Gasteiger partial charge in [0, 0.05) is 8.95 Å². The predicted octanol–water partition coefficient (Wildman–Crippen LogP) is 5.19. The Labute approximate surface area is 183 Å². The molecule has 0 spiro atoms. The maximum atomic E-state index is 12.3. The standard InChI is InChI=1S/C18H16Br2N2O4S2/c1-3-28(24,25)11-4-5-15-14(8-11)21-18(26-15)27-9-16(23)22-17-12(19)6-10(2)7-13(17)20/h4-8H,3,9H2,1-2H3,(H,22,23). The molecule has 0 radical (unpaired) electrons. The zero-order chi connectivity index (χ0) is 20.5. The van der Waals surface area contributed by atoms with Crippen LogP contribution in [0.4, 0.5) is 5.69 Å². The van der Waals surface area contributed by atoms with Crippen molar-refractivity contribution in [1.29, 1.82) is 0 Å². The van der Waals surface area contributed by atoms with E-state index in [1.807, 2.05) is 19.1 Å². The zero-order valence-electron chi connectivity index (χ0n) is 15.0. The topological polar surface area (TPSA) is 89.3 Å². The van der Waals surface area contributed by atoms with Crippen LogP contribution in [0.3, 0.4) is 0 Å². The van der Waals surface area contributed by atoms with Gasteiger partial charge in [-0.1, -0.05) is 18.7 Å². The second-order valence-corrected chi connectivity index (χ2v) is 10.9. The number of aryl methyl sites for hydroxylation is 1. The van der Waals surface area contributed by atoms with Crippen LogP contribution in [0, 0.1) is 6.92 Å². The van der Waals surface area contributed by atoms with Crippen molar-refractivity contribution in [2.24, 2.45) is 0 Å². The molecule has 1 aromatic heterocycles. The maximum Gasteiger partial charge on any atom is 0.257 e. The number of aromatic nitrogens is 1. The van der Waals surface area contributed by atoms with E-state index in [1.165, 1.54) is 12.1 Å². The average Bonchev–Trinajstić information content (AvgIpc) is 3.05. The normalized spacial score (nSPS) is 11.7. The molecule has 1 heterocycles. The van der Waals surface area contributed by atoms with E-state index >= 15 is 0 Å². The summed E-state index contributed by atoms with van der Waals surface area (Å²) < 4.78 is 31.1. The molecule has 0 aliphatic rings. The lowest BCUT2D eigenvalue weighted by atomic mass is 10.2. The van der Waals surface area contributed by atoms with Crippen molar-refractivity contribution in [2.45, 2.75) is 24.0 Å². The number of hydrogen-bond acceptors (Lipinski definition) is 6. The van der Waals surface area contributed by atoms with Gasteiger partial charge in [-0.15, -0.1) is 0 Å². The third-order valence-corrected chi connectivity index (χ3v) is 7.67. The minimum absolute atomic E-state index is 0.0161. The Hall–Kier alpha value is -1.36. The SMILES string of the molecule is CCS(=O)(=O)c1ccc2oc(SCC(=O)Nc3c(Br)cc(C)cc3Br)nc2c1. The fourth-order valence-corrected chi connectivity index (χ4v) is 5.58. The lowest BCUT2D eigenvalue weighted by molar-refractivity contribution is -0.113. The van der Waals surface area contributed by atoms with Crippen LogP contribution in [0.25, 0.3) is 11.1 Å². The number of fused-ring (bicyclic) bond motifs is 1. The average molecular weight is 548 g/mol. The molecule has 0 fully saturated rings. The Morgan fingerprint density at radius 3 is 2.54 bits per heavy atom. The number of amides is 1. The summed E-state index contributed by atoms with van der Waals surface area (Å²) in [5, 5.41) is 3.15. The summed E-state index contributed by atoms with van der Waals surface area (Å²) in [4.78, 5) is 16.8. The Kier molecular flexibility index (Phi) is 6.53. The summed E-state index contributed by atoms with van der Waals surface area (Å²) in [6, 6.07) is 8.39. The van der Waals surface area contributed by atoms with Crippen LogP contribution in [0.15, 0.2) is 53.8 Å². The first-order chi connectivity index (χ1) is 13.2. The van der Waals surface area contributed by atoms with E-state index in [9.17, 15) is 13.2 Å². The van der Waals surface area contributed by atoms with Crippen LogP contribution in [-0.2, 0) is 14.6 Å². The molecule has 10 heteroatoms. The first-order valence-corrected chi connectivity index (χ1v) is 12.4. The monoisotopic (exact) mass is 546 g/mol. The minimum atomic E-state index is -3.31. The van der Waals surface area contributed by atoms with Gasteiger partial charge in [-0.2, -0.15) is 0 Å². The molecule has 148 valence electrons. The number of rotatable bonds is 6. The van der Waals surface area contributed by atoms with E-state index in [2.05, 4.69) is 42.2 Å². The largest absolute Gasteiger partial charge is 0.431 e. The summed E-state index contributed by atoms with van der Waals surface area (Å²) in [6.45, 7) is 3.55. The van der Waals surface area contributed by atoms with Crippen molar-refractivity contribution in [1.82, 2.24) is 4.98 Å². The molecule has 6 nitrogen and oxygen atoms in total. The number of sulfone groups is 1. The van der Waals surface area contributed by atoms with Crippen molar-refractivity contribution >= 4 is 76.2 Å². The highest BCUT2D eigenvalue weighted by Gasteiger charge is 2.16. The predicted molar refractivity (Wildman–Crippen MR) is 118 cm³/mol. The Bertz CT molecular complexity index is 1140. The van der Waals surface area contributed by atoms with Crippen LogP contribution >= 0.6 is 43.6 Å². The van der Waals surface area contributed by atoms with Gasteiger partial charge < -0.3 is 9.73 Å². The number of halogens is 2. The summed E-state index contributed by atoms with van der Waals surface area (Å²) in [7, 11) is -3.31. The van der Waals surface area contributed by atoms with Gasteiger partial charge in [0.05, 0.1) is 22.1 Å². The van der Waals surface area contributed by atoms with E-state index in [0.717, 1.165) is 26.3 Å². The number of benzene rings is 2. The molecule has 2 aromatic carbocycles. The van der Waals surface area contributed by atoms with Crippen LogP contribution < -0.4 is 5.32 Å². The maximum absolute atomic E-state index is 12.3. The van der Waals surface area contributed by atoms with Gasteiger partial charge in [0.1, 0.15) is 5.52 Å². The zero-order valence-corrected chi connectivity index (χ0v) is 19.8. The van der Waals surface area contributed by atoms with Gasteiger partial charge in [-0.25, -0.2) is 13.4 Å². The molecule has 0 bridgehead atoms. The van der Waals surface area contributed by atoms with Crippen molar-refractivity contribution in [2.75, 3.05) is 16.8 Å². The number of anilines is 1. The Morgan fingerprint density at radius 2 is 1.89 bits per heavy atom. The minimum Gasteiger partial charge on any atom is -0.431 e. The van der Waals surface area contributed by atoms with Crippen LogP contribution in [0.2, 0.25) is 0 Å². The number of thioether (sulfide) groups is 1. The van der Waals surface area contributed by atoms with Crippen LogP contribution in [0.1, 0.15) is 12.5 Å². The van der Waals surface area contributed by atoms with E-state index in [1.54, 1.807) is 13.0 Å². The first kappa shape index (κ1) is 21.4. The van der Waals surface area contributed by atoms with Crippen molar-refractivity contribution in [3.8, 4) is 0 Å². The Morgan fingerprint density at radius 1 is 1.21 bits per heavy atom.